The van der Waals surface area contributed by atoms with Crippen LogP contribution in [-0.2, 0) is 5.75 Å². The van der Waals surface area contributed by atoms with Gasteiger partial charge in [-0.2, -0.15) is 0 Å². The molecule has 0 saturated heterocycles. The normalized spacial score (nSPS) is 10.7. The van der Waals surface area contributed by atoms with Crippen molar-refractivity contribution in [2.45, 2.75) is 10.6 Å². The van der Waals surface area contributed by atoms with Crippen molar-refractivity contribution < 1.29 is 9.90 Å². The number of hydrogen-bond acceptors (Lipinski definition) is 3. The van der Waals surface area contributed by atoms with Gasteiger partial charge >= 0.3 is 5.97 Å². The molecule has 0 aliphatic carbocycles. The molecule has 2 aromatic carbocycles. The Kier molecular flexibility index (Phi) is 3.88. The zero-order chi connectivity index (χ0) is 14.7. The van der Waals surface area contributed by atoms with Gasteiger partial charge in [0.2, 0.25) is 0 Å². The number of benzene rings is 2. The molecule has 0 bridgehead atoms. The van der Waals surface area contributed by atoms with Crippen molar-refractivity contribution >= 4 is 28.6 Å². The minimum atomic E-state index is -0.902. The SMILES string of the molecule is O=C(O)c1cccc(SCc2ccc3ccccc3n2)c1. The number of para-hydroxylation sites is 1. The summed E-state index contributed by atoms with van der Waals surface area (Å²) in [4.78, 5) is 16.5. The highest BCUT2D eigenvalue weighted by Gasteiger charge is 2.04. The Morgan fingerprint density at radius 3 is 2.76 bits per heavy atom. The van der Waals surface area contributed by atoms with Crippen LogP contribution in [0.15, 0.2) is 65.6 Å². The predicted octanol–water partition coefficient (Wildman–Crippen LogP) is 4.23. The van der Waals surface area contributed by atoms with Crippen molar-refractivity contribution in [3.8, 4) is 0 Å². The van der Waals surface area contributed by atoms with Crippen molar-refractivity contribution in [2.24, 2.45) is 0 Å². The monoisotopic (exact) mass is 295 g/mol. The lowest BCUT2D eigenvalue weighted by atomic mass is 10.2. The van der Waals surface area contributed by atoms with Gasteiger partial charge in [0, 0.05) is 16.0 Å². The summed E-state index contributed by atoms with van der Waals surface area (Å²) in [5.74, 6) is -0.185. The summed E-state index contributed by atoms with van der Waals surface area (Å²) in [5, 5.41) is 10.1. The van der Waals surface area contributed by atoms with Gasteiger partial charge in [0.1, 0.15) is 0 Å². The highest BCUT2D eigenvalue weighted by Crippen LogP contribution is 2.24. The van der Waals surface area contributed by atoms with Crippen molar-refractivity contribution in [3.63, 3.8) is 0 Å². The topological polar surface area (TPSA) is 50.2 Å². The zero-order valence-electron chi connectivity index (χ0n) is 11.2. The van der Waals surface area contributed by atoms with Gasteiger partial charge in [0.05, 0.1) is 16.8 Å². The Bertz CT molecular complexity index is 801. The van der Waals surface area contributed by atoms with Gasteiger partial charge in [0.25, 0.3) is 0 Å². The third kappa shape index (κ3) is 3.23. The maximum Gasteiger partial charge on any atom is 0.335 e. The molecule has 0 atom stereocenters. The van der Waals surface area contributed by atoms with E-state index in [0.717, 1.165) is 21.5 Å². The number of fused-ring (bicyclic) bond motifs is 1. The molecule has 0 saturated carbocycles. The molecule has 3 aromatic rings. The van der Waals surface area contributed by atoms with Crippen molar-refractivity contribution in [1.29, 1.82) is 0 Å². The van der Waals surface area contributed by atoms with E-state index >= 15 is 0 Å². The second-order valence-electron chi connectivity index (χ2n) is 4.62. The Labute approximate surface area is 126 Å². The minimum absolute atomic E-state index is 0.312. The number of hydrogen-bond donors (Lipinski definition) is 1. The molecule has 4 heteroatoms. The van der Waals surface area contributed by atoms with Crippen LogP contribution in [0.25, 0.3) is 10.9 Å². The second-order valence-corrected chi connectivity index (χ2v) is 5.67. The van der Waals surface area contributed by atoms with Crippen LogP contribution >= 0.6 is 11.8 Å². The van der Waals surface area contributed by atoms with Gasteiger partial charge in [-0.1, -0.05) is 30.3 Å². The van der Waals surface area contributed by atoms with Crippen molar-refractivity contribution in [2.75, 3.05) is 0 Å². The fourth-order valence-electron chi connectivity index (χ4n) is 2.06. The van der Waals surface area contributed by atoms with Crippen LogP contribution in [0.2, 0.25) is 0 Å². The quantitative estimate of drug-likeness (QED) is 0.732. The largest absolute Gasteiger partial charge is 0.478 e. The number of aromatic nitrogens is 1. The first kappa shape index (κ1) is 13.6. The first-order valence-corrected chi connectivity index (χ1v) is 7.52. The highest BCUT2D eigenvalue weighted by atomic mass is 32.2. The maximum atomic E-state index is 11.0. The number of carbonyl (C=O) groups is 1. The van der Waals surface area contributed by atoms with Gasteiger partial charge < -0.3 is 5.11 Å². The molecule has 1 heterocycles. The molecule has 3 nitrogen and oxygen atoms in total. The molecule has 0 unspecified atom stereocenters. The average Bonchev–Trinajstić information content (AvgIpc) is 2.53. The molecule has 21 heavy (non-hydrogen) atoms. The molecule has 0 amide bonds. The molecule has 0 spiro atoms. The average molecular weight is 295 g/mol. The lowest BCUT2D eigenvalue weighted by molar-refractivity contribution is 0.0696. The fourth-order valence-corrected chi connectivity index (χ4v) is 2.93. The molecule has 104 valence electrons. The lowest BCUT2D eigenvalue weighted by Gasteiger charge is -2.04. The highest BCUT2D eigenvalue weighted by molar-refractivity contribution is 7.98. The number of carboxylic acid groups (broad SMARTS) is 1. The number of pyridine rings is 1. The third-order valence-corrected chi connectivity index (χ3v) is 4.15. The van der Waals surface area contributed by atoms with E-state index in [1.807, 2.05) is 36.4 Å². The second kappa shape index (κ2) is 5.97. The Hall–Kier alpha value is -2.33. The van der Waals surface area contributed by atoms with Crippen LogP contribution in [0.4, 0.5) is 0 Å². The van der Waals surface area contributed by atoms with Crippen molar-refractivity contribution in [1.82, 2.24) is 4.98 Å². The standard InChI is InChI=1S/C17H13NO2S/c19-17(20)13-5-3-6-15(10-13)21-11-14-9-8-12-4-1-2-7-16(12)18-14/h1-10H,11H2,(H,19,20). The maximum absolute atomic E-state index is 11.0. The molecule has 3 rings (SSSR count). The Balaban J connectivity index is 1.77. The molecular formula is C17H13NO2S. The van der Waals surface area contributed by atoms with Crippen LogP contribution in [0.1, 0.15) is 16.1 Å². The first-order chi connectivity index (χ1) is 10.2. The van der Waals surface area contributed by atoms with Gasteiger partial charge in [-0.3, -0.25) is 4.98 Å². The van der Waals surface area contributed by atoms with Gasteiger partial charge in [-0.15, -0.1) is 11.8 Å². The number of aromatic carboxylic acids is 1. The number of nitrogens with zero attached hydrogens (tertiary/aromatic N) is 1. The van der Waals surface area contributed by atoms with E-state index in [0.29, 0.717) is 11.3 Å². The van der Waals surface area contributed by atoms with Gasteiger partial charge in [0.15, 0.2) is 0 Å². The zero-order valence-corrected chi connectivity index (χ0v) is 12.0. The molecule has 0 aliphatic rings. The van der Waals surface area contributed by atoms with E-state index in [2.05, 4.69) is 11.1 Å². The molecule has 0 fully saturated rings. The van der Waals surface area contributed by atoms with Crippen LogP contribution in [0.5, 0.6) is 0 Å². The summed E-state index contributed by atoms with van der Waals surface area (Å²) in [6, 6.07) is 19.0. The molecular weight excluding hydrogens is 282 g/mol. The van der Waals surface area contributed by atoms with E-state index in [4.69, 9.17) is 5.11 Å². The Morgan fingerprint density at radius 2 is 1.90 bits per heavy atom. The Morgan fingerprint density at radius 1 is 1.05 bits per heavy atom. The summed E-state index contributed by atoms with van der Waals surface area (Å²) in [5.41, 5.74) is 2.28. The van der Waals surface area contributed by atoms with Crippen LogP contribution in [0, 0.1) is 0 Å². The number of rotatable bonds is 4. The lowest BCUT2D eigenvalue weighted by Crippen LogP contribution is -1.95. The van der Waals surface area contributed by atoms with Gasteiger partial charge in [-0.05, 0) is 30.3 Å². The molecule has 1 aromatic heterocycles. The van der Waals surface area contributed by atoms with E-state index in [1.165, 1.54) is 0 Å². The van der Waals surface area contributed by atoms with E-state index < -0.39 is 5.97 Å². The summed E-state index contributed by atoms with van der Waals surface area (Å²) < 4.78 is 0. The van der Waals surface area contributed by atoms with Gasteiger partial charge in [-0.25, -0.2) is 4.79 Å². The third-order valence-electron chi connectivity index (χ3n) is 3.12. The fraction of sp³-hybridized carbons (Fsp3) is 0.0588. The van der Waals surface area contributed by atoms with E-state index in [-0.39, 0.29) is 0 Å². The molecule has 0 radical (unpaired) electrons. The summed E-state index contributed by atoms with van der Waals surface area (Å²) in [6.45, 7) is 0. The predicted molar refractivity (Wildman–Crippen MR) is 84.7 cm³/mol. The van der Waals surface area contributed by atoms with Crippen molar-refractivity contribution in [3.05, 3.63) is 71.9 Å². The summed E-state index contributed by atoms with van der Waals surface area (Å²) in [6.07, 6.45) is 0. The van der Waals surface area contributed by atoms with Crippen LogP contribution < -0.4 is 0 Å². The van der Waals surface area contributed by atoms with E-state index in [1.54, 1.807) is 30.0 Å². The minimum Gasteiger partial charge on any atom is -0.478 e. The van der Waals surface area contributed by atoms with Crippen LogP contribution in [-0.4, -0.2) is 16.1 Å². The smallest absolute Gasteiger partial charge is 0.335 e. The first-order valence-electron chi connectivity index (χ1n) is 6.53. The summed E-state index contributed by atoms with van der Waals surface area (Å²) in [7, 11) is 0. The van der Waals surface area contributed by atoms with E-state index in [9.17, 15) is 4.79 Å². The number of carboxylic acids is 1. The van der Waals surface area contributed by atoms with Crippen LogP contribution in [0.3, 0.4) is 0 Å². The molecule has 1 N–H and O–H groups in total. The summed E-state index contributed by atoms with van der Waals surface area (Å²) >= 11 is 1.59. The molecule has 0 aliphatic heterocycles. The number of thioether (sulfide) groups is 1.